The Kier molecular flexibility index (Phi) is 4.94. The van der Waals surface area contributed by atoms with E-state index in [1.165, 1.54) is 0 Å². The monoisotopic (exact) mass is 146 g/mol. The Balaban J connectivity index is 3.37. The van der Waals surface area contributed by atoms with E-state index >= 15 is 0 Å². The van der Waals surface area contributed by atoms with Crippen LogP contribution in [0.2, 0.25) is 0 Å². The highest BCUT2D eigenvalue weighted by Gasteiger charge is 2.04. The van der Waals surface area contributed by atoms with E-state index in [0.29, 0.717) is 13.0 Å². The van der Waals surface area contributed by atoms with Gasteiger partial charge in [-0.3, -0.25) is 4.79 Å². The van der Waals surface area contributed by atoms with Crippen molar-refractivity contribution < 1.29 is 14.3 Å². The van der Waals surface area contributed by atoms with Gasteiger partial charge in [-0.05, 0) is 13.8 Å². The molecular formula is C7H14O3. The van der Waals surface area contributed by atoms with Gasteiger partial charge in [0.25, 0.3) is 0 Å². The molecule has 0 saturated heterocycles. The first-order valence-electron chi connectivity index (χ1n) is 3.51. The number of esters is 1. The molecule has 0 fully saturated rings. The maximum Gasteiger partial charge on any atom is 0.307 e. The Bertz CT molecular complexity index is 101. The highest BCUT2D eigenvalue weighted by Crippen LogP contribution is 1.95. The van der Waals surface area contributed by atoms with Crippen LogP contribution >= 0.6 is 0 Å². The van der Waals surface area contributed by atoms with Gasteiger partial charge in [-0.1, -0.05) is 6.92 Å². The Morgan fingerprint density at radius 2 is 2.10 bits per heavy atom. The normalized spacial score (nSPS) is 12.7. The summed E-state index contributed by atoms with van der Waals surface area (Å²) in [7, 11) is 0. The summed E-state index contributed by atoms with van der Waals surface area (Å²) in [5.74, 6) is -0.221. The van der Waals surface area contributed by atoms with Gasteiger partial charge in [0.1, 0.15) is 0 Å². The molecule has 0 saturated carbocycles. The van der Waals surface area contributed by atoms with Crippen LogP contribution in [-0.4, -0.2) is 18.9 Å². The molecule has 0 bridgehead atoms. The van der Waals surface area contributed by atoms with Gasteiger partial charge in [0.15, 0.2) is 6.29 Å². The predicted octanol–water partition coefficient (Wildman–Crippen LogP) is 1.32. The van der Waals surface area contributed by atoms with E-state index in [4.69, 9.17) is 9.47 Å². The second kappa shape index (κ2) is 5.23. The molecule has 1 unspecified atom stereocenters. The van der Waals surface area contributed by atoms with E-state index in [9.17, 15) is 4.79 Å². The molecule has 0 rings (SSSR count). The summed E-state index contributed by atoms with van der Waals surface area (Å²) < 4.78 is 9.75. The van der Waals surface area contributed by atoms with E-state index in [0.717, 1.165) is 0 Å². The molecule has 0 heterocycles. The van der Waals surface area contributed by atoms with Crippen LogP contribution in [0.4, 0.5) is 0 Å². The fourth-order valence-electron chi connectivity index (χ4n) is 0.537. The van der Waals surface area contributed by atoms with Crippen molar-refractivity contribution in [3.05, 3.63) is 0 Å². The molecule has 60 valence electrons. The van der Waals surface area contributed by atoms with Gasteiger partial charge in [0.05, 0.1) is 0 Å². The molecule has 0 spiro atoms. The van der Waals surface area contributed by atoms with Crippen molar-refractivity contribution in [2.24, 2.45) is 0 Å². The standard InChI is InChI=1S/C7H14O3/c1-4-7(8)10-6(3)9-5-2/h6H,4-5H2,1-3H3. The molecule has 3 nitrogen and oxygen atoms in total. The molecule has 1 atom stereocenters. The van der Waals surface area contributed by atoms with Crippen molar-refractivity contribution in [3.63, 3.8) is 0 Å². The van der Waals surface area contributed by atoms with Gasteiger partial charge in [0, 0.05) is 13.0 Å². The minimum atomic E-state index is -0.405. The van der Waals surface area contributed by atoms with Crippen LogP contribution in [0.1, 0.15) is 27.2 Å². The summed E-state index contributed by atoms with van der Waals surface area (Å²) in [5.41, 5.74) is 0. The Labute approximate surface area is 61.3 Å². The number of carbonyl (C=O) groups excluding carboxylic acids is 1. The third-order valence-corrected chi connectivity index (χ3v) is 0.987. The Hall–Kier alpha value is -0.570. The molecule has 0 aromatic rings. The maximum atomic E-state index is 10.6. The smallest absolute Gasteiger partial charge is 0.307 e. The number of hydrogen-bond donors (Lipinski definition) is 0. The van der Waals surface area contributed by atoms with Gasteiger partial charge in [0.2, 0.25) is 0 Å². The molecule has 0 aliphatic rings. The van der Waals surface area contributed by atoms with E-state index < -0.39 is 6.29 Å². The van der Waals surface area contributed by atoms with Crippen molar-refractivity contribution >= 4 is 5.97 Å². The van der Waals surface area contributed by atoms with Gasteiger partial charge in [-0.25, -0.2) is 0 Å². The van der Waals surface area contributed by atoms with Crippen molar-refractivity contribution in [2.75, 3.05) is 6.61 Å². The van der Waals surface area contributed by atoms with Gasteiger partial charge in [-0.15, -0.1) is 0 Å². The molecular weight excluding hydrogens is 132 g/mol. The Morgan fingerprint density at radius 1 is 1.50 bits per heavy atom. The van der Waals surface area contributed by atoms with Gasteiger partial charge < -0.3 is 9.47 Å². The van der Waals surface area contributed by atoms with Crippen LogP contribution in [0.15, 0.2) is 0 Å². The first-order chi connectivity index (χ1) is 4.70. The second-order valence-corrected chi connectivity index (χ2v) is 1.87. The third-order valence-electron chi connectivity index (χ3n) is 0.987. The quantitative estimate of drug-likeness (QED) is 0.443. The van der Waals surface area contributed by atoms with Crippen molar-refractivity contribution in [3.8, 4) is 0 Å². The average Bonchev–Trinajstić information content (AvgIpc) is 1.88. The minimum absolute atomic E-state index is 0.221. The van der Waals surface area contributed by atoms with Gasteiger partial charge >= 0.3 is 5.97 Å². The summed E-state index contributed by atoms with van der Waals surface area (Å²) in [6.07, 6.45) is -0.00493. The zero-order valence-electron chi connectivity index (χ0n) is 6.72. The zero-order chi connectivity index (χ0) is 7.98. The van der Waals surface area contributed by atoms with Crippen molar-refractivity contribution in [2.45, 2.75) is 33.5 Å². The van der Waals surface area contributed by atoms with Crippen LogP contribution in [-0.2, 0) is 14.3 Å². The summed E-state index contributed by atoms with van der Waals surface area (Å²) in [6, 6.07) is 0. The van der Waals surface area contributed by atoms with Crippen molar-refractivity contribution in [1.29, 1.82) is 0 Å². The number of rotatable bonds is 4. The molecule has 0 radical (unpaired) electrons. The SMILES string of the molecule is CCOC(C)OC(=O)CC. The summed E-state index contributed by atoms with van der Waals surface area (Å²) in [6.45, 7) is 5.88. The molecule has 10 heavy (non-hydrogen) atoms. The number of ether oxygens (including phenoxy) is 2. The van der Waals surface area contributed by atoms with Crippen LogP contribution in [0.5, 0.6) is 0 Å². The molecule has 0 aliphatic carbocycles. The number of carbonyl (C=O) groups is 1. The highest BCUT2D eigenvalue weighted by molar-refractivity contribution is 5.68. The van der Waals surface area contributed by atoms with Crippen LogP contribution < -0.4 is 0 Å². The first-order valence-corrected chi connectivity index (χ1v) is 3.51. The summed E-state index contributed by atoms with van der Waals surface area (Å²) in [4.78, 5) is 10.6. The number of hydrogen-bond acceptors (Lipinski definition) is 3. The lowest BCUT2D eigenvalue weighted by atomic mass is 10.5. The van der Waals surface area contributed by atoms with E-state index in [2.05, 4.69) is 0 Å². The van der Waals surface area contributed by atoms with Crippen molar-refractivity contribution in [1.82, 2.24) is 0 Å². The Morgan fingerprint density at radius 3 is 2.50 bits per heavy atom. The predicted molar refractivity (Wildman–Crippen MR) is 37.5 cm³/mol. The molecule has 0 aromatic heterocycles. The van der Waals surface area contributed by atoms with Crippen LogP contribution in [0, 0.1) is 0 Å². The molecule has 0 amide bonds. The summed E-state index contributed by atoms with van der Waals surface area (Å²) in [5, 5.41) is 0. The molecule has 0 N–H and O–H groups in total. The van der Waals surface area contributed by atoms with E-state index in [1.54, 1.807) is 13.8 Å². The summed E-state index contributed by atoms with van der Waals surface area (Å²) >= 11 is 0. The van der Waals surface area contributed by atoms with Crippen LogP contribution in [0.25, 0.3) is 0 Å². The third kappa shape index (κ3) is 4.32. The van der Waals surface area contributed by atoms with Crippen LogP contribution in [0.3, 0.4) is 0 Å². The largest absolute Gasteiger partial charge is 0.436 e. The minimum Gasteiger partial charge on any atom is -0.436 e. The molecule has 0 aliphatic heterocycles. The van der Waals surface area contributed by atoms with Gasteiger partial charge in [-0.2, -0.15) is 0 Å². The van der Waals surface area contributed by atoms with E-state index in [-0.39, 0.29) is 5.97 Å². The fourth-order valence-corrected chi connectivity index (χ4v) is 0.537. The second-order valence-electron chi connectivity index (χ2n) is 1.87. The lowest BCUT2D eigenvalue weighted by Crippen LogP contribution is -2.17. The zero-order valence-corrected chi connectivity index (χ0v) is 6.72. The highest BCUT2D eigenvalue weighted by atomic mass is 16.7. The fraction of sp³-hybridized carbons (Fsp3) is 0.857. The maximum absolute atomic E-state index is 10.6. The molecule has 0 aromatic carbocycles. The molecule has 3 heteroatoms. The first kappa shape index (κ1) is 9.43. The lowest BCUT2D eigenvalue weighted by molar-refractivity contribution is -0.173. The topological polar surface area (TPSA) is 35.5 Å². The van der Waals surface area contributed by atoms with E-state index in [1.807, 2.05) is 6.92 Å². The lowest BCUT2D eigenvalue weighted by Gasteiger charge is -2.11. The average molecular weight is 146 g/mol.